The number of imidazole rings is 1. The standard InChI is InChI=1S/C18H16F3N3/c19-18(20,21)13-5-1-11(2-6-13)10-22-14-7-8-15-16(9-14)24-17(23-15)12-3-4-12/h1-2,5-9,12,22H,3-4,10H2,(H,23,24). The summed E-state index contributed by atoms with van der Waals surface area (Å²) in [5, 5.41) is 3.23. The Hall–Kier alpha value is -2.50. The molecule has 1 aliphatic carbocycles. The zero-order valence-corrected chi connectivity index (χ0v) is 12.8. The number of halogens is 3. The summed E-state index contributed by atoms with van der Waals surface area (Å²) in [5.41, 5.74) is 2.99. The van der Waals surface area contributed by atoms with Crippen LogP contribution in [-0.2, 0) is 12.7 Å². The van der Waals surface area contributed by atoms with Crippen LogP contribution in [0.15, 0.2) is 42.5 Å². The molecule has 0 aliphatic heterocycles. The van der Waals surface area contributed by atoms with E-state index < -0.39 is 11.7 Å². The number of alkyl halides is 3. The summed E-state index contributed by atoms with van der Waals surface area (Å²) >= 11 is 0. The van der Waals surface area contributed by atoms with Crippen LogP contribution in [0.2, 0.25) is 0 Å². The molecule has 0 atom stereocenters. The minimum Gasteiger partial charge on any atom is -0.381 e. The average molecular weight is 331 g/mol. The molecule has 1 aliphatic rings. The van der Waals surface area contributed by atoms with Gasteiger partial charge in [0.25, 0.3) is 0 Å². The molecule has 0 amide bonds. The average Bonchev–Trinajstić information content (AvgIpc) is 3.32. The molecule has 0 bridgehead atoms. The smallest absolute Gasteiger partial charge is 0.381 e. The highest BCUT2D eigenvalue weighted by Crippen LogP contribution is 2.39. The summed E-state index contributed by atoms with van der Waals surface area (Å²) in [6, 6.07) is 11.1. The molecule has 6 heteroatoms. The Morgan fingerprint density at radius 3 is 2.50 bits per heavy atom. The molecule has 1 fully saturated rings. The maximum absolute atomic E-state index is 12.6. The molecule has 1 saturated carbocycles. The summed E-state index contributed by atoms with van der Waals surface area (Å²) < 4.78 is 37.7. The number of aromatic amines is 1. The molecular formula is C18H16F3N3. The molecular weight excluding hydrogens is 315 g/mol. The molecule has 1 heterocycles. The van der Waals surface area contributed by atoms with Crippen LogP contribution in [0.1, 0.15) is 35.7 Å². The molecule has 3 aromatic rings. The van der Waals surface area contributed by atoms with Gasteiger partial charge in [-0.25, -0.2) is 4.98 Å². The maximum Gasteiger partial charge on any atom is 0.416 e. The third kappa shape index (κ3) is 3.09. The molecule has 0 radical (unpaired) electrons. The molecule has 3 nitrogen and oxygen atoms in total. The van der Waals surface area contributed by atoms with E-state index in [0.29, 0.717) is 12.5 Å². The van der Waals surface area contributed by atoms with Crippen LogP contribution in [0.25, 0.3) is 11.0 Å². The van der Waals surface area contributed by atoms with Crippen molar-refractivity contribution >= 4 is 16.7 Å². The monoisotopic (exact) mass is 331 g/mol. The lowest BCUT2D eigenvalue weighted by Gasteiger charge is -2.09. The third-order valence-corrected chi connectivity index (χ3v) is 4.24. The topological polar surface area (TPSA) is 40.7 Å². The Bertz CT molecular complexity index is 861. The van der Waals surface area contributed by atoms with E-state index in [4.69, 9.17) is 0 Å². The van der Waals surface area contributed by atoms with Crippen molar-refractivity contribution in [2.75, 3.05) is 5.32 Å². The van der Waals surface area contributed by atoms with E-state index in [1.807, 2.05) is 18.2 Å². The molecule has 0 spiro atoms. The lowest BCUT2D eigenvalue weighted by molar-refractivity contribution is -0.137. The van der Waals surface area contributed by atoms with Gasteiger partial charge >= 0.3 is 6.18 Å². The van der Waals surface area contributed by atoms with Crippen molar-refractivity contribution in [3.8, 4) is 0 Å². The van der Waals surface area contributed by atoms with Crippen molar-refractivity contribution in [2.45, 2.75) is 31.5 Å². The van der Waals surface area contributed by atoms with E-state index in [0.717, 1.165) is 40.2 Å². The number of H-pyrrole nitrogens is 1. The van der Waals surface area contributed by atoms with Crippen LogP contribution in [0.3, 0.4) is 0 Å². The van der Waals surface area contributed by atoms with Gasteiger partial charge in [0.05, 0.1) is 16.6 Å². The van der Waals surface area contributed by atoms with Crippen LogP contribution in [0.5, 0.6) is 0 Å². The molecule has 2 N–H and O–H groups in total. The lowest BCUT2D eigenvalue weighted by atomic mass is 10.1. The Morgan fingerprint density at radius 1 is 1.08 bits per heavy atom. The molecule has 0 unspecified atom stereocenters. The minimum atomic E-state index is -4.30. The largest absolute Gasteiger partial charge is 0.416 e. The van der Waals surface area contributed by atoms with E-state index in [9.17, 15) is 13.2 Å². The fraction of sp³-hybridized carbons (Fsp3) is 0.278. The Balaban J connectivity index is 1.46. The first-order valence-corrected chi connectivity index (χ1v) is 7.89. The SMILES string of the molecule is FC(F)(F)c1ccc(CNc2ccc3[nH]c(C4CC4)nc3c2)cc1. The second-order valence-electron chi connectivity index (χ2n) is 6.18. The highest BCUT2D eigenvalue weighted by Gasteiger charge is 2.30. The van der Waals surface area contributed by atoms with Gasteiger partial charge in [0, 0.05) is 18.2 Å². The first-order chi connectivity index (χ1) is 11.5. The summed E-state index contributed by atoms with van der Waals surface area (Å²) in [4.78, 5) is 7.94. The van der Waals surface area contributed by atoms with Crippen LogP contribution in [-0.4, -0.2) is 9.97 Å². The quantitative estimate of drug-likeness (QED) is 0.700. The number of nitrogens with zero attached hydrogens (tertiary/aromatic N) is 1. The summed E-state index contributed by atoms with van der Waals surface area (Å²) in [5.74, 6) is 1.62. The second-order valence-corrected chi connectivity index (χ2v) is 6.18. The van der Waals surface area contributed by atoms with Crippen LogP contribution < -0.4 is 5.32 Å². The van der Waals surface area contributed by atoms with Crippen molar-refractivity contribution in [3.05, 3.63) is 59.4 Å². The minimum absolute atomic E-state index is 0.462. The summed E-state index contributed by atoms with van der Waals surface area (Å²) in [6.07, 6.45) is -1.91. The van der Waals surface area contributed by atoms with Gasteiger partial charge in [-0.3, -0.25) is 0 Å². The first kappa shape index (κ1) is 15.1. The van der Waals surface area contributed by atoms with Crippen LogP contribution in [0, 0.1) is 0 Å². The molecule has 124 valence electrons. The first-order valence-electron chi connectivity index (χ1n) is 7.89. The van der Waals surface area contributed by atoms with Gasteiger partial charge in [-0.2, -0.15) is 13.2 Å². The van der Waals surface area contributed by atoms with Gasteiger partial charge in [-0.1, -0.05) is 12.1 Å². The van der Waals surface area contributed by atoms with Gasteiger partial charge < -0.3 is 10.3 Å². The van der Waals surface area contributed by atoms with Gasteiger partial charge in [0.2, 0.25) is 0 Å². The zero-order chi connectivity index (χ0) is 16.7. The Labute approximate surface area is 136 Å². The van der Waals surface area contributed by atoms with Gasteiger partial charge in [0.15, 0.2) is 0 Å². The van der Waals surface area contributed by atoms with E-state index >= 15 is 0 Å². The van der Waals surface area contributed by atoms with E-state index in [2.05, 4.69) is 15.3 Å². The highest BCUT2D eigenvalue weighted by molar-refractivity contribution is 5.79. The predicted octanol–water partition coefficient (Wildman–Crippen LogP) is 5.07. The van der Waals surface area contributed by atoms with Crippen molar-refractivity contribution in [1.29, 1.82) is 0 Å². The predicted molar refractivity (Wildman–Crippen MR) is 86.8 cm³/mol. The Morgan fingerprint density at radius 2 is 1.83 bits per heavy atom. The summed E-state index contributed by atoms with van der Waals surface area (Å²) in [7, 11) is 0. The van der Waals surface area contributed by atoms with Crippen molar-refractivity contribution in [3.63, 3.8) is 0 Å². The van der Waals surface area contributed by atoms with Gasteiger partial charge in [-0.05, 0) is 48.7 Å². The number of fused-ring (bicyclic) bond motifs is 1. The number of aromatic nitrogens is 2. The van der Waals surface area contributed by atoms with E-state index in [1.54, 1.807) is 0 Å². The number of benzene rings is 2. The second kappa shape index (κ2) is 5.54. The van der Waals surface area contributed by atoms with Crippen molar-refractivity contribution in [1.82, 2.24) is 9.97 Å². The Kier molecular flexibility index (Phi) is 3.48. The third-order valence-electron chi connectivity index (χ3n) is 4.24. The number of anilines is 1. The van der Waals surface area contributed by atoms with Crippen molar-refractivity contribution in [2.24, 2.45) is 0 Å². The molecule has 0 saturated heterocycles. The lowest BCUT2D eigenvalue weighted by Crippen LogP contribution is -2.05. The number of nitrogens with one attached hydrogen (secondary N) is 2. The molecule has 2 aromatic carbocycles. The highest BCUT2D eigenvalue weighted by atomic mass is 19.4. The maximum atomic E-state index is 12.6. The molecule has 4 rings (SSSR count). The number of hydrogen-bond acceptors (Lipinski definition) is 2. The van der Waals surface area contributed by atoms with E-state index in [-0.39, 0.29) is 0 Å². The summed E-state index contributed by atoms with van der Waals surface area (Å²) in [6.45, 7) is 0.462. The normalized spacial score (nSPS) is 15.0. The molecule has 24 heavy (non-hydrogen) atoms. The molecule has 1 aromatic heterocycles. The van der Waals surface area contributed by atoms with E-state index in [1.165, 1.54) is 25.0 Å². The van der Waals surface area contributed by atoms with Crippen LogP contribution in [0.4, 0.5) is 18.9 Å². The van der Waals surface area contributed by atoms with Crippen LogP contribution >= 0.6 is 0 Å². The van der Waals surface area contributed by atoms with Crippen molar-refractivity contribution < 1.29 is 13.2 Å². The number of rotatable bonds is 4. The zero-order valence-electron chi connectivity index (χ0n) is 12.8. The van der Waals surface area contributed by atoms with Gasteiger partial charge in [0.1, 0.15) is 5.82 Å². The number of hydrogen-bond donors (Lipinski definition) is 2. The fourth-order valence-corrected chi connectivity index (χ4v) is 2.70. The van der Waals surface area contributed by atoms with Gasteiger partial charge in [-0.15, -0.1) is 0 Å². The fourth-order valence-electron chi connectivity index (χ4n) is 2.70.